The largest absolute Gasteiger partial charge is 0.510 e. The van der Waals surface area contributed by atoms with Crippen LogP contribution in [0.5, 0.6) is 0 Å². The number of nitrogens with zero attached hydrogens (tertiary/aromatic N) is 2. The molecule has 1 amide bonds. The van der Waals surface area contributed by atoms with Gasteiger partial charge in [0, 0.05) is 37.8 Å². The number of hydrogen-bond donors (Lipinski definition) is 1. The minimum absolute atomic E-state index is 0.0251. The number of amides is 1. The molecule has 5 rings (SSSR count). The molecular formula is C29H29BF3N2O4-. The summed E-state index contributed by atoms with van der Waals surface area (Å²) in [6.07, 6.45) is -0.473. The van der Waals surface area contributed by atoms with E-state index < -0.39 is 24.5 Å². The number of carboxylic acid groups (broad SMARTS) is 1. The highest BCUT2D eigenvalue weighted by molar-refractivity contribution is 6.74. The fraction of sp³-hybridized carbons (Fsp3) is 0.310. The smallest absolute Gasteiger partial charge is 0.478 e. The SMILES string of the molecule is Cc1c(C(=O)O)c(C)c([B-](F)(F)F)c(C)c1N1CCN(C(=O)OCC2c3ccccc3-c3ccccc32)CC1. The fourth-order valence-electron chi connectivity index (χ4n) is 6.31. The first-order chi connectivity index (χ1) is 18.5. The molecular weight excluding hydrogens is 508 g/mol. The van der Waals surface area contributed by atoms with E-state index in [1.54, 1.807) is 16.7 Å². The van der Waals surface area contributed by atoms with Crippen molar-refractivity contribution < 1.29 is 32.4 Å². The molecule has 0 saturated carbocycles. The van der Waals surface area contributed by atoms with Gasteiger partial charge in [-0.1, -0.05) is 65.1 Å². The second kappa shape index (κ2) is 9.98. The van der Waals surface area contributed by atoms with E-state index in [2.05, 4.69) is 12.1 Å². The van der Waals surface area contributed by atoms with E-state index in [0.717, 1.165) is 22.3 Å². The van der Waals surface area contributed by atoms with Gasteiger partial charge in [-0.3, -0.25) is 0 Å². The summed E-state index contributed by atoms with van der Waals surface area (Å²) in [6, 6.07) is 16.1. The fourth-order valence-corrected chi connectivity index (χ4v) is 6.31. The summed E-state index contributed by atoms with van der Waals surface area (Å²) in [5.41, 5.74) is 3.66. The third-order valence-corrected chi connectivity index (χ3v) is 8.00. The number of rotatable bonds is 5. The Morgan fingerprint density at radius 3 is 1.92 bits per heavy atom. The second-order valence-electron chi connectivity index (χ2n) is 10.2. The molecule has 0 radical (unpaired) electrons. The van der Waals surface area contributed by atoms with Gasteiger partial charge in [0.15, 0.2) is 0 Å². The zero-order valence-corrected chi connectivity index (χ0v) is 22.0. The highest BCUT2D eigenvalue weighted by atomic mass is 19.4. The number of halogens is 3. The number of carbonyl (C=O) groups excluding carboxylic acids is 1. The summed E-state index contributed by atoms with van der Waals surface area (Å²) in [6.45, 7) is -0.0569. The van der Waals surface area contributed by atoms with Crippen LogP contribution in [0.4, 0.5) is 23.4 Å². The molecule has 1 aliphatic carbocycles. The molecule has 2 aliphatic rings. The van der Waals surface area contributed by atoms with Crippen LogP contribution in [0.1, 0.15) is 44.1 Å². The quantitative estimate of drug-likeness (QED) is 0.440. The third kappa shape index (κ3) is 4.62. The first-order valence-electron chi connectivity index (χ1n) is 12.9. The van der Waals surface area contributed by atoms with Crippen LogP contribution in [0.15, 0.2) is 48.5 Å². The van der Waals surface area contributed by atoms with Crippen molar-refractivity contribution in [3.05, 3.63) is 81.9 Å². The lowest BCUT2D eigenvalue weighted by Gasteiger charge is -2.39. The van der Waals surface area contributed by atoms with Gasteiger partial charge in [-0.05, 0) is 48.6 Å². The van der Waals surface area contributed by atoms with Gasteiger partial charge in [0.05, 0.1) is 5.56 Å². The molecule has 1 fully saturated rings. The lowest BCUT2D eigenvalue weighted by Crippen LogP contribution is -2.50. The molecule has 0 spiro atoms. The van der Waals surface area contributed by atoms with E-state index >= 15 is 0 Å². The first-order valence-corrected chi connectivity index (χ1v) is 12.9. The molecule has 0 atom stereocenters. The number of hydrogen-bond acceptors (Lipinski definition) is 4. The van der Waals surface area contributed by atoms with Crippen LogP contribution < -0.4 is 10.4 Å². The van der Waals surface area contributed by atoms with Crippen molar-refractivity contribution in [3.63, 3.8) is 0 Å². The normalized spacial score (nSPS) is 15.2. The molecule has 0 bridgehead atoms. The molecule has 1 aliphatic heterocycles. The number of ether oxygens (including phenoxy) is 1. The molecule has 1 heterocycles. The Labute approximate surface area is 225 Å². The average molecular weight is 537 g/mol. The summed E-state index contributed by atoms with van der Waals surface area (Å²) in [4.78, 5) is 28.2. The number of carboxylic acids is 1. The van der Waals surface area contributed by atoms with Crippen molar-refractivity contribution in [3.8, 4) is 11.1 Å². The maximum absolute atomic E-state index is 14.0. The van der Waals surface area contributed by atoms with Gasteiger partial charge in [0.2, 0.25) is 0 Å². The van der Waals surface area contributed by atoms with Crippen LogP contribution in [0.2, 0.25) is 0 Å². The minimum atomic E-state index is -5.41. The molecule has 6 nitrogen and oxygen atoms in total. The Kier molecular flexibility index (Phi) is 6.82. The van der Waals surface area contributed by atoms with E-state index in [4.69, 9.17) is 4.74 Å². The molecule has 1 N–H and O–H groups in total. The Morgan fingerprint density at radius 2 is 1.41 bits per heavy atom. The number of aromatic carboxylic acids is 1. The highest BCUT2D eigenvalue weighted by Gasteiger charge is 2.36. The van der Waals surface area contributed by atoms with E-state index in [1.165, 1.54) is 13.8 Å². The second-order valence-corrected chi connectivity index (χ2v) is 10.2. The molecule has 0 unspecified atom stereocenters. The van der Waals surface area contributed by atoms with Crippen molar-refractivity contribution in [2.75, 3.05) is 37.7 Å². The Balaban J connectivity index is 1.31. The summed E-state index contributed by atoms with van der Waals surface area (Å²) < 4.78 is 47.7. The standard InChI is InChI=1S/C29H29BF3N2O4/c1-17-25(28(36)37)18(2)27(19(3)26(17)30(31,32)33)34-12-14-35(15-13-34)29(38)39-16-24-22-10-6-4-8-20(22)21-9-5-7-11-23(21)24/h4-11,24H,12-16H2,1-3H3,(H,36,37)/q-1. The van der Waals surface area contributed by atoms with Crippen LogP contribution in [0, 0.1) is 20.8 Å². The van der Waals surface area contributed by atoms with Gasteiger partial charge >= 0.3 is 19.0 Å². The topological polar surface area (TPSA) is 70.1 Å². The zero-order chi connectivity index (χ0) is 28.1. The molecule has 204 valence electrons. The predicted molar refractivity (Wildman–Crippen MR) is 145 cm³/mol. The van der Waals surface area contributed by atoms with Gasteiger partial charge in [-0.25, -0.2) is 9.59 Å². The zero-order valence-electron chi connectivity index (χ0n) is 22.0. The summed E-state index contributed by atoms with van der Waals surface area (Å²) in [7, 11) is 0. The minimum Gasteiger partial charge on any atom is -0.478 e. The van der Waals surface area contributed by atoms with E-state index in [-0.39, 0.29) is 61.1 Å². The summed E-state index contributed by atoms with van der Waals surface area (Å²) >= 11 is 0. The van der Waals surface area contributed by atoms with Crippen LogP contribution in [0.25, 0.3) is 11.1 Å². The van der Waals surface area contributed by atoms with Crippen LogP contribution >= 0.6 is 0 Å². The summed E-state index contributed by atoms with van der Waals surface area (Å²) in [5, 5.41) is 9.69. The van der Waals surface area contributed by atoms with Gasteiger partial charge in [-0.2, -0.15) is 0 Å². The van der Waals surface area contributed by atoms with Crippen molar-refractivity contribution in [2.45, 2.75) is 26.7 Å². The number of anilines is 1. The van der Waals surface area contributed by atoms with E-state index in [9.17, 15) is 27.6 Å². The molecule has 1 saturated heterocycles. The maximum atomic E-state index is 14.0. The highest BCUT2D eigenvalue weighted by Crippen LogP contribution is 2.44. The van der Waals surface area contributed by atoms with Gasteiger partial charge in [-0.15, -0.1) is 0 Å². The van der Waals surface area contributed by atoms with Crippen molar-refractivity contribution >= 4 is 30.2 Å². The molecule has 3 aromatic carbocycles. The van der Waals surface area contributed by atoms with Crippen molar-refractivity contribution in [1.82, 2.24) is 4.90 Å². The Hall–Kier alpha value is -3.95. The first kappa shape index (κ1) is 26.7. The van der Waals surface area contributed by atoms with Gasteiger partial charge in [0.1, 0.15) is 6.61 Å². The van der Waals surface area contributed by atoms with Crippen molar-refractivity contribution in [1.29, 1.82) is 0 Å². The third-order valence-electron chi connectivity index (χ3n) is 8.00. The monoisotopic (exact) mass is 537 g/mol. The van der Waals surface area contributed by atoms with Crippen LogP contribution in [0.3, 0.4) is 0 Å². The van der Waals surface area contributed by atoms with Crippen molar-refractivity contribution in [2.24, 2.45) is 0 Å². The number of carbonyl (C=O) groups is 2. The molecule has 0 aromatic heterocycles. The number of fused-ring (bicyclic) bond motifs is 3. The van der Waals surface area contributed by atoms with Crippen LogP contribution in [-0.4, -0.2) is 61.8 Å². The average Bonchev–Trinajstić information content (AvgIpc) is 3.20. The van der Waals surface area contributed by atoms with Gasteiger partial charge < -0.3 is 32.6 Å². The van der Waals surface area contributed by atoms with Crippen LogP contribution in [-0.2, 0) is 4.74 Å². The maximum Gasteiger partial charge on any atom is 0.510 e. The predicted octanol–water partition coefficient (Wildman–Crippen LogP) is 5.44. The van der Waals surface area contributed by atoms with Gasteiger partial charge in [0.25, 0.3) is 0 Å². The molecule has 10 heteroatoms. The van der Waals surface area contributed by atoms with E-state index in [1.807, 2.05) is 36.4 Å². The number of benzene rings is 3. The summed E-state index contributed by atoms with van der Waals surface area (Å²) in [5.74, 6) is -1.46. The Bertz CT molecular complexity index is 1420. The molecule has 3 aromatic rings. The lowest BCUT2D eigenvalue weighted by molar-refractivity contribution is 0.0695. The lowest BCUT2D eigenvalue weighted by atomic mass is 9.71. The molecule has 39 heavy (non-hydrogen) atoms. The Morgan fingerprint density at radius 1 is 0.872 bits per heavy atom. The number of piperazine rings is 1. The van der Waals surface area contributed by atoms with E-state index in [0.29, 0.717) is 5.56 Å².